The Morgan fingerprint density at radius 2 is 1.96 bits per heavy atom. The lowest BCUT2D eigenvalue weighted by Gasteiger charge is -2.26. The van der Waals surface area contributed by atoms with E-state index in [4.69, 9.17) is 0 Å². The second-order valence-corrected chi connectivity index (χ2v) is 7.13. The van der Waals surface area contributed by atoms with Crippen LogP contribution < -0.4 is 5.32 Å². The van der Waals surface area contributed by atoms with Gasteiger partial charge in [-0.25, -0.2) is 4.52 Å². The Morgan fingerprint density at radius 3 is 2.71 bits per heavy atom. The first kappa shape index (κ1) is 15.6. The molecule has 0 radical (unpaired) electrons. The Bertz CT molecular complexity index is 739. The summed E-state index contributed by atoms with van der Waals surface area (Å²) in [7, 11) is 0. The Balaban J connectivity index is 1.71. The van der Waals surface area contributed by atoms with E-state index in [-0.39, 0.29) is 5.91 Å². The fourth-order valence-corrected chi connectivity index (χ4v) is 4.11. The van der Waals surface area contributed by atoms with Crippen LogP contribution in [0.2, 0.25) is 0 Å². The lowest BCUT2D eigenvalue weighted by atomic mass is 9.90. The van der Waals surface area contributed by atoms with Gasteiger partial charge in [0.15, 0.2) is 0 Å². The third-order valence-electron chi connectivity index (χ3n) is 5.50. The molecule has 2 aromatic rings. The number of fused-ring (bicyclic) bond motifs is 1. The van der Waals surface area contributed by atoms with E-state index >= 15 is 0 Å². The molecule has 4 rings (SSSR count). The highest BCUT2D eigenvalue weighted by molar-refractivity contribution is 6.02. The minimum atomic E-state index is 0.157. The van der Waals surface area contributed by atoms with Crippen LogP contribution in [0.5, 0.6) is 0 Å². The topological polar surface area (TPSA) is 49.6 Å². The maximum atomic E-state index is 13.0. The number of rotatable bonds is 2. The SMILES string of the molecule is Cc1nn2ccc(C3CCNCC3)cc2c1C(=O)N1CCCCC1. The summed E-state index contributed by atoms with van der Waals surface area (Å²) in [5.74, 6) is 0.744. The molecule has 4 heterocycles. The molecule has 24 heavy (non-hydrogen) atoms. The van der Waals surface area contributed by atoms with E-state index in [1.54, 1.807) is 0 Å². The fraction of sp³-hybridized carbons (Fsp3) is 0.579. The number of amides is 1. The third kappa shape index (κ3) is 2.81. The average molecular weight is 326 g/mol. The standard InChI is InChI=1S/C19H26N4O/c1-14-18(19(24)22-10-3-2-4-11-22)17-13-16(7-12-23(17)21-14)15-5-8-20-9-6-15/h7,12-13,15,20H,2-6,8-11H2,1H3. The van der Waals surface area contributed by atoms with Crippen LogP contribution in [0, 0.1) is 6.92 Å². The van der Waals surface area contributed by atoms with Gasteiger partial charge in [0.05, 0.1) is 16.8 Å². The zero-order valence-electron chi connectivity index (χ0n) is 14.4. The second-order valence-electron chi connectivity index (χ2n) is 7.13. The van der Waals surface area contributed by atoms with Crippen molar-refractivity contribution in [3.05, 3.63) is 35.2 Å². The summed E-state index contributed by atoms with van der Waals surface area (Å²) in [5, 5.41) is 7.99. The van der Waals surface area contributed by atoms with Crippen LogP contribution in [0.3, 0.4) is 0 Å². The van der Waals surface area contributed by atoms with Gasteiger partial charge >= 0.3 is 0 Å². The summed E-state index contributed by atoms with van der Waals surface area (Å²) < 4.78 is 1.87. The van der Waals surface area contributed by atoms with E-state index in [2.05, 4.69) is 22.5 Å². The van der Waals surface area contributed by atoms with Crippen molar-refractivity contribution in [2.75, 3.05) is 26.2 Å². The van der Waals surface area contributed by atoms with Gasteiger partial charge in [-0.1, -0.05) is 0 Å². The number of nitrogens with one attached hydrogen (secondary N) is 1. The monoisotopic (exact) mass is 326 g/mol. The van der Waals surface area contributed by atoms with E-state index in [1.807, 2.05) is 22.5 Å². The van der Waals surface area contributed by atoms with Crippen molar-refractivity contribution in [3.63, 3.8) is 0 Å². The van der Waals surface area contributed by atoms with E-state index in [0.717, 1.165) is 55.8 Å². The van der Waals surface area contributed by atoms with Crippen LogP contribution in [-0.4, -0.2) is 46.6 Å². The highest BCUT2D eigenvalue weighted by Crippen LogP contribution is 2.28. The van der Waals surface area contributed by atoms with Crippen LogP contribution in [0.4, 0.5) is 0 Å². The molecule has 2 aliphatic heterocycles. The Kier molecular flexibility index (Phi) is 4.27. The molecular formula is C19H26N4O. The number of carbonyl (C=O) groups excluding carboxylic acids is 1. The first-order valence-corrected chi connectivity index (χ1v) is 9.23. The largest absolute Gasteiger partial charge is 0.339 e. The van der Waals surface area contributed by atoms with Gasteiger partial charge in [0, 0.05) is 19.3 Å². The number of likely N-dealkylation sites (tertiary alicyclic amines) is 1. The van der Waals surface area contributed by atoms with Crippen LogP contribution in [0.15, 0.2) is 18.3 Å². The molecule has 1 amide bonds. The van der Waals surface area contributed by atoms with Gasteiger partial charge in [-0.05, 0) is 75.7 Å². The Hall–Kier alpha value is -1.88. The molecule has 0 saturated carbocycles. The third-order valence-corrected chi connectivity index (χ3v) is 5.50. The van der Waals surface area contributed by atoms with Crippen LogP contribution in [-0.2, 0) is 0 Å². The normalized spacial score (nSPS) is 19.8. The molecular weight excluding hydrogens is 300 g/mol. The first-order chi connectivity index (χ1) is 11.7. The van der Waals surface area contributed by atoms with Gasteiger partial charge in [-0.2, -0.15) is 5.10 Å². The predicted molar refractivity (Wildman–Crippen MR) is 94.5 cm³/mol. The minimum Gasteiger partial charge on any atom is -0.339 e. The van der Waals surface area contributed by atoms with E-state index in [0.29, 0.717) is 5.92 Å². The van der Waals surface area contributed by atoms with Gasteiger partial charge in [-0.15, -0.1) is 0 Å². The molecule has 2 fully saturated rings. The van der Waals surface area contributed by atoms with Crippen molar-refractivity contribution >= 4 is 11.4 Å². The second kappa shape index (κ2) is 6.55. The minimum absolute atomic E-state index is 0.157. The van der Waals surface area contributed by atoms with Crippen LogP contribution in [0.1, 0.15) is 59.6 Å². The number of carbonyl (C=O) groups is 1. The Labute approximate surface area is 143 Å². The van der Waals surface area contributed by atoms with Crippen molar-refractivity contribution in [2.45, 2.75) is 44.9 Å². The smallest absolute Gasteiger partial charge is 0.257 e. The highest BCUT2D eigenvalue weighted by Gasteiger charge is 2.25. The van der Waals surface area contributed by atoms with Crippen molar-refractivity contribution in [1.82, 2.24) is 19.8 Å². The molecule has 2 aliphatic rings. The lowest BCUT2D eigenvalue weighted by Crippen LogP contribution is -2.35. The summed E-state index contributed by atoms with van der Waals surface area (Å²) >= 11 is 0. The van der Waals surface area contributed by atoms with Crippen molar-refractivity contribution < 1.29 is 4.79 Å². The van der Waals surface area contributed by atoms with Gasteiger partial charge in [0.1, 0.15) is 0 Å². The van der Waals surface area contributed by atoms with E-state index in [9.17, 15) is 4.79 Å². The molecule has 2 aromatic heterocycles. The highest BCUT2D eigenvalue weighted by atomic mass is 16.2. The molecule has 0 aromatic carbocycles. The molecule has 0 bridgehead atoms. The predicted octanol–water partition coefficient (Wildman–Crippen LogP) is 2.74. The molecule has 5 heteroatoms. The van der Waals surface area contributed by atoms with Crippen molar-refractivity contribution in [3.8, 4) is 0 Å². The van der Waals surface area contributed by atoms with Gasteiger partial charge in [0.25, 0.3) is 5.91 Å². The van der Waals surface area contributed by atoms with Crippen LogP contribution in [0.25, 0.3) is 5.52 Å². The molecule has 0 unspecified atom stereocenters. The van der Waals surface area contributed by atoms with E-state index in [1.165, 1.54) is 24.8 Å². The van der Waals surface area contributed by atoms with E-state index < -0.39 is 0 Å². The zero-order valence-corrected chi connectivity index (χ0v) is 14.4. The quantitative estimate of drug-likeness (QED) is 0.923. The molecule has 2 saturated heterocycles. The number of hydrogen-bond donors (Lipinski definition) is 1. The zero-order chi connectivity index (χ0) is 16.5. The summed E-state index contributed by atoms with van der Waals surface area (Å²) in [6.45, 7) is 5.86. The molecule has 0 atom stereocenters. The van der Waals surface area contributed by atoms with Gasteiger partial charge in [-0.3, -0.25) is 4.79 Å². The first-order valence-electron chi connectivity index (χ1n) is 9.23. The Morgan fingerprint density at radius 1 is 1.21 bits per heavy atom. The van der Waals surface area contributed by atoms with Crippen LogP contribution >= 0.6 is 0 Å². The molecule has 5 nitrogen and oxygen atoms in total. The number of aryl methyl sites for hydroxylation is 1. The molecule has 0 aliphatic carbocycles. The fourth-order valence-electron chi connectivity index (χ4n) is 4.11. The summed E-state index contributed by atoms with van der Waals surface area (Å²) in [6.07, 6.45) is 7.82. The van der Waals surface area contributed by atoms with Crippen molar-refractivity contribution in [1.29, 1.82) is 0 Å². The number of aromatic nitrogens is 2. The summed E-state index contributed by atoms with van der Waals surface area (Å²) in [4.78, 5) is 15.1. The summed E-state index contributed by atoms with van der Waals surface area (Å²) in [6, 6.07) is 4.37. The molecule has 128 valence electrons. The summed E-state index contributed by atoms with van der Waals surface area (Å²) in [5.41, 5.74) is 3.96. The maximum Gasteiger partial charge on any atom is 0.257 e. The number of nitrogens with zero attached hydrogens (tertiary/aromatic N) is 3. The lowest BCUT2D eigenvalue weighted by molar-refractivity contribution is 0.0725. The average Bonchev–Trinajstić information content (AvgIpc) is 2.97. The number of pyridine rings is 1. The van der Waals surface area contributed by atoms with Gasteiger partial charge < -0.3 is 10.2 Å². The maximum absolute atomic E-state index is 13.0. The molecule has 1 N–H and O–H groups in total. The number of hydrogen-bond acceptors (Lipinski definition) is 3. The number of piperidine rings is 2. The molecule has 0 spiro atoms. The van der Waals surface area contributed by atoms with Gasteiger partial charge in [0.2, 0.25) is 0 Å². The van der Waals surface area contributed by atoms with Crippen molar-refractivity contribution in [2.24, 2.45) is 0 Å².